The predicted octanol–water partition coefficient (Wildman–Crippen LogP) is 6.35. The standard InChI is InChI=1S/C16H20BrF2N/c1-5-10-20-15-12(16(18,19)7-3)8-9-13(17)14(15)11(4)6-2/h5,8-11H,1,6-7H2,2-4H3/b20-10-. The van der Waals surface area contributed by atoms with Crippen molar-refractivity contribution in [3.05, 3.63) is 40.4 Å². The van der Waals surface area contributed by atoms with Crippen LogP contribution in [0.2, 0.25) is 0 Å². The first-order valence-corrected chi connectivity index (χ1v) is 7.54. The van der Waals surface area contributed by atoms with E-state index in [0.29, 0.717) is 5.69 Å². The number of benzene rings is 1. The van der Waals surface area contributed by atoms with Gasteiger partial charge in [-0.05, 0) is 30.0 Å². The average molecular weight is 344 g/mol. The third-order valence-corrected chi connectivity index (χ3v) is 4.11. The second kappa shape index (κ2) is 7.11. The fraction of sp³-hybridized carbons (Fsp3) is 0.438. The summed E-state index contributed by atoms with van der Waals surface area (Å²) in [5.74, 6) is -2.73. The third kappa shape index (κ3) is 3.54. The number of halogens is 3. The van der Waals surface area contributed by atoms with Crippen LogP contribution in [0.4, 0.5) is 14.5 Å². The van der Waals surface area contributed by atoms with Crippen molar-refractivity contribution >= 4 is 27.8 Å². The molecular formula is C16H20BrF2N. The fourth-order valence-corrected chi connectivity index (χ4v) is 2.72. The highest BCUT2D eigenvalue weighted by atomic mass is 79.9. The van der Waals surface area contributed by atoms with Crippen LogP contribution in [0.5, 0.6) is 0 Å². The molecule has 1 aromatic carbocycles. The van der Waals surface area contributed by atoms with Crippen LogP contribution < -0.4 is 0 Å². The summed E-state index contributed by atoms with van der Waals surface area (Å²) in [6.07, 6.45) is 3.57. The van der Waals surface area contributed by atoms with Gasteiger partial charge in [-0.2, -0.15) is 0 Å². The van der Waals surface area contributed by atoms with Crippen LogP contribution in [0.25, 0.3) is 0 Å². The van der Waals surface area contributed by atoms with Crippen LogP contribution in [-0.2, 0) is 5.92 Å². The SMILES string of the molecule is C=C/C=N\c1c(C(F)(F)CC)ccc(Br)c1C(C)CC. The van der Waals surface area contributed by atoms with E-state index in [0.717, 1.165) is 16.5 Å². The van der Waals surface area contributed by atoms with Gasteiger partial charge in [0.15, 0.2) is 0 Å². The minimum atomic E-state index is -2.88. The molecule has 0 spiro atoms. The molecule has 1 unspecified atom stereocenters. The van der Waals surface area contributed by atoms with Gasteiger partial charge in [-0.25, -0.2) is 8.78 Å². The lowest BCUT2D eigenvalue weighted by Crippen LogP contribution is -2.13. The average Bonchev–Trinajstić information content (AvgIpc) is 2.43. The van der Waals surface area contributed by atoms with Gasteiger partial charge in [0.25, 0.3) is 5.92 Å². The monoisotopic (exact) mass is 343 g/mol. The Morgan fingerprint density at radius 3 is 2.55 bits per heavy atom. The van der Waals surface area contributed by atoms with Crippen molar-refractivity contribution in [2.24, 2.45) is 4.99 Å². The molecule has 0 saturated heterocycles. The highest BCUT2D eigenvalue weighted by Crippen LogP contribution is 2.44. The van der Waals surface area contributed by atoms with E-state index in [4.69, 9.17) is 0 Å². The van der Waals surface area contributed by atoms with Gasteiger partial charge in [0.05, 0.1) is 5.69 Å². The van der Waals surface area contributed by atoms with E-state index in [1.54, 1.807) is 6.07 Å². The quantitative estimate of drug-likeness (QED) is 0.533. The summed E-state index contributed by atoms with van der Waals surface area (Å²) in [7, 11) is 0. The third-order valence-electron chi connectivity index (χ3n) is 3.42. The van der Waals surface area contributed by atoms with Gasteiger partial charge in [-0.1, -0.05) is 49.4 Å². The Balaban J connectivity index is 3.61. The van der Waals surface area contributed by atoms with Crippen molar-refractivity contribution in [2.75, 3.05) is 0 Å². The van der Waals surface area contributed by atoms with Crippen LogP contribution in [0.3, 0.4) is 0 Å². The zero-order chi connectivity index (χ0) is 15.3. The summed E-state index contributed by atoms with van der Waals surface area (Å²) in [5, 5.41) is 0. The minimum absolute atomic E-state index is 0.0170. The number of alkyl halides is 2. The summed E-state index contributed by atoms with van der Waals surface area (Å²) in [6, 6.07) is 3.14. The van der Waals surface area contributed by atoms with Gasteiger partial charge in [-0.15, -0.1) is 0 Å². The molecule has 1 atom stereocenters. The smallest absolute Gasteiger partial charge is 0.256 e. The number of hydrogen-bond acceptors (Lipinski definition) is 1. The molecular weight excluding hydrogens is 324 g/mol. The van der Waals surface area contributed by atoms with Crippen molar-refractivity contribution in [3.63, 3.8) is 0 Å². The van der Waals surface area contributed by atoms with Crippen LogP contribution >= 0.6 is 15.9 Å². The summed E-state index contributed by atoms with van der Waals surface area (Å²) < 4.78 is 29.1. The van der Waals surface area contributed by atoms with E-state index in [1.165, 1.54) is 25.3 Å². The van der Waals surface area contributed by atoms with Crippen molar-refractivity contribution in [2.45, 2.75) is 45.5 Å². The van der Waals surface area contributed by atoms with Gasteiger partial charge in [-0.3, -0.25) is 4.99 Å². The highest BCUT2D eigenvalue weighted by Gasteiger charge is 2.33. The Hall–Kier alpha value is -1.03. The molecule has 0 N–H and O–H groups in total. The maximum Gasteiger partial charge on any atom is 0.275 e. The van der Waals surface area contributed by atoms with Gasteiger partial charge in [0.2, 0.25) is 0 Å². The Morgan fingerprint density at radius 1 is 1.40 bits per heavy atom. The van der Waals surface area contributed by atoms with E-state index in [9.17, 15) is 8.78 Å². The van der Waals surface area contributed by atoms with Crippen molar-refractivity contribution < 1.29 is 8.78 Å². The largest absolute Gasteiger partial charge is 0.275 e. The summed E-state index contributed by atoms with van der Waals surface area (Å²) in [5.41, 5.74) is 1.17. The zero-order valence-corrected chi connectivity index (χ0v) is 13.7. The first-order valence-electron chi connectivity index (χ1n) is 6.74. The molecule has 110 valence electrons. The molecule has 1 nitrogen and oxygen atoms in total. The normalized spacial score (nSPS) is 13.7. The number of rotatable bonds is 6. The topological polar surface area (TPSA) is 12.4 Å². The van der Waals surface area contributed by atoms with E-state index in [1.807, 2.05) is 13.8 Å². The van der Waals surface area contributed by atoms with Gasteiger partial charge < -0.3 is 0 Å². The lowest BCUT2D eigenvalue weighted by Gasteiger charge is -2.22. The molecule has 0 aliphatic rings. The van der Waals surface area contributed by atoms with Crippen molar-refractivity contribution in [1.82, 2.24) is 0 Å². The Bertz CT molecular complexity index is 509. The number of aliphatic imine (C=N–C) groups is 1. The Labute approximate surface area is 127 Å². The zero-order valence-electron chi connectivity index (χ0n) is 12.1. The summed E-state index contributed by atoms with van der Waals surface area (Å²) in [6.45, 7) is 9.08. The molecule has 1 aromatic rings. The molecule has 1 rings (SSSR count). The van der Waals surface area contributed by atoms with Crippen molar-refractivity contribution in [1.29, 1.82) is 0 Å². The molecule has 0 aromatic heterocycles. The van der Waals surface area contributed by atoms with E-state index < -0.39 is 5.92 Å². The summed E-state index contributed by atoms with van der Waals surface area (Å²) >= 11 is 3.46. The van der Waals surface area contributed by atoms with Crippen molar-refractivity contribution in [3.8, 4) is 0 Å². The first-order chi connectivity index (χ1) is 9.38. The lowest BCUT2D eigenvalue weighted by molar-refractivity contribution is -0.00771. The molecule has 0 aliphatic carbocycles. The maximum atomic E-state index is 14.1. The second-order valence-electron chi connectivity index (χ2n) is 4.74. The van der Waals surface area contributed by atoms with Gasteiger partial charge in [0, 0.05) is 22.7 Å². The van der Waals surface area contributed by atoms with Gasteiger partial charge >= 0.3 is 0 Å². The molecule has 4 heteroatoms. The van der Waals surface area contributed by atoms with Crippen LogP contribution in [0.1, 0.15) is 50.7 Å². The molecule has 0 bridgehead atoms. The molecule has 0 aliphatic heterocycles. The number of nitrogens with zero attached hydrogens (tertiary/aromatic N) is 1. The Morgan fingerprint density at radius 2 is 2.05 bits per heavy atom. The molecule has 0 saturated carbocycles. The molecule has 20 heavy (non-hydrogen) atoms. The number of hydrogen-bond donors (Lipinski definition) is 0. The highest BCUT2D eigenvalue weighted by molar-refractivity contribution is 9.10. The minimum Gasteiger partial charge on any atom is -0.256 e. The van der Waals surface area contributed by atoms with Crippen LogP contribution in [0.15, 0.2) is 34.3 Å². The molecule has 0 radical (unpaired) electrons. The second-order valence-corrected chi connectivity index (χ2v) is 5.59. The van der Waals surface area contributed by atoms with E-state index in [2.05, 4.69) is 27.5 Å². The predicted molar refractivity (Wildman–Crippen MR) is 85.4 cm³/mol. The van der Waals surface area contributed by atoms with Crippen LogP contribution in [0, 0.1) is 0 Å². The van der Waals surface area contributed by atoms with Gasteiger partial charge in [0.1, 0.15) is 0 Å². The first kappa shape index (κ1) is 17.0. The molecule has 0 heterocycles. The van der Waals surface area contributed by atoms with E-state index in [-0.39, 0.29) is 17.9 Å². The Kier molecular flexibility index (Phi) is 6.06. The molecule has 0 amide bonds. The molecule has 0 fully saturated rings. The van der Waals surface area contributed by atoms with E-state index >= 15 is 0 Å². The van der Waals surface area contributed by atoms with Crippen LogP contribution in [-0.4, -0.2) is 6.21 Å². The lowest BCUT2D eigenvalue weighted by atomic mass is 9.92. The fourth-order valence-electron chi connectivity index (χ4n) is 2.01. The maximum absolute atomic E-state index is 14.1. The number of allylic oxidation sites excluding steroid dienone is 1. The summed E-state index contributed by atoms with van der Waals surface area (Å²) in [4.78, 5) is 4.22.